The summed E-state index contributed by atoms with van der Waals surface area (Å²) < 4.78 is 17.0. The van der Waals surface area contributed by atoms with Gasteiger partial charge in [-0.2, -0.15) is 0 Å². The number of piperidine rings is 2. The van der Waals surface area contributed by atoms with Crippen LogP contribution in [0, 0.1) is 0 Å². The van der Waals surface area contributed by atoms with Crippen LogP contribution in [-0.2, 0) is 0 Å². The van der Waals surface area contributed by atoms with Crippen LogP contribution in [0.3, 0.4) is 0 Å². The molecule has 0 radical (unpaired) electrons. The number of aliphatic hydroxyl groups excluding tert-OH is 1. The Bertz CT molecular complexity index is 870. The largest absolute Gasteiger partial charge is 0.486 e. The maximum Gasteiger partial charge on any atom is 0.231 e. The van der Waals surface area contributed by atoms with E-state index in [-0.39, 0.29) is 6.10 Å². The van der Waals surface area contributed by atoms with Gasteiger partial charge in [0.25, 0.3) is 0 Å². The molecule has 2 fully saturated rings. The lowest BCUT2D eigenvalue weighted by Gasteiger charge is -2.44. The van der Waals surface area contributed by atoms with Gasteiger partial charge in [0.15, 0.2) is 11.5 Å². The smallest absolute Gasteiger partial charge is 0.231 e. The van der Waals surface area contributed by atoms with E-state index in [2.05, 4.69) is 21.9 Å². The molecule has 6 nitrogen and oxygen atoms in total. The van der Waals surface area contributed by atoms with Crippen LogP contribution in [0.1, 0.15) is 19.3 Å². The van der Waals surface area contributed by atoms with Crippen molar-refractivity contribution in [2.24, 2.45) is 0 Å². The Labute approximate surface area is 181 Å². The molecule has 0 bridgehead atoms. The van der Waals surface area contributed by atoms with E-state index in [0.717, 1.165) is 62.7 Å². The van der Waals surface area contributed by atoms with Crippen LogP contribution in [0.4, 0.5) is 5.69 Å². The van der Waals surface area contributed by atoms with E-state index in [4.69, 9.17) is 25.8 Å². The number of rotatable bonds is 4. The number of fused-ring (bicyclic) bond motifs is 1. The lowest BCUT2D eigenvalue weighted by atomic mass is 9.97. The zero-order valence-corrected chi connectivity index (χ0v) is 17.6. The van der Waals surface area contributed by atoms with Gasteiger partial charge in [-0.05, 0) is 55.7 Å². The summed E-state index contributed by atoms with van der Waals surface area (Å²) in [7, 11) is 0. The summed E-state index contributed by atoms with van der Waals surface area (Å²) >= 11 is 5.96. The molecule has 160 valence electrons. The number of anilines is 1. The van der Waals surface area contributed by atoms with E-state index in [1.54, 1.807) is 0 Å². The minimum atomic E-state index is -0.439. The molecule has 2 aromatic carbocycles. The molecule has 1 N–H and O–H groups in total. The fourth-order valence-corrected chi connectivity index (χ4v) is 4.76. The van der Waals surface area contributed by atoms with Gasteiger partial charge in [0.1, 0.15) is 11.9 Å². The first kappa shape index (κ1) is 19.8. The number of benzene rings is 2. The van der Waals surface area contributed by atoms with Crippen molar-refractivity contribution >= 4 is 17.3 Å². The molecular formula is C23H27ClN2O4. The monoisotopic (exact) mass is 430 g/mol. The molecule has 2 atom stereocenters. The second kappa shape index (κ2) is 8.53. The molecule has 0 aromatic heterocycles. The van der Waals surface area contributed by atoms with Gasteiger partial charge in [0, 0.05) is 49.0 Å². The number of ether oxygens (including phenoxy) is 3. The summed E-state index contributed by atoms with van der Waals surface area (Å²) in [6.07, 6.45) is 2.27. The maximum atomic E-state index is 10.5. The fourth-order valence-electron chi connectivity index (χ4n) is 4.63. The van der Waals surface area contributed by atoms with Crippen LogP contribution in [0.25, 0.3) is 0 Å². The molecule has 2 aromatic rings. The molecular weight excluding hydrogens is 404 g/mol. The van der Waals surface area contributed by atoms with Crippen LogP contribution < -0.4 is 19.1 Å². The predicted octanol–water partition coefficient (Wildman–Crippen LogP) is 3.55. The van der Waals surface area contributed by atoms with Crippen LogP contribution in [-0.4, -0.2) is 61.2 Å². The van der Waals surface area contributed by atoms with E-state index >= 15 is 0 Å². The van der Waals surface area contributed by atoms with Crippen LogP contribution in [0.5, 0.6) is 17.2 Å². The number of nitrogens with zero attached hydrogens (tertiary/aromatic N) is 2. The third-order valence-corrected chi connectivity index (χ3v) is 6.61. The Morgan fingerprint density at radius 3 is 2.50 bits per heavy atom. The standard InChI is InChI=1S/C23H27ClN2O4/c24-16-1-4-19(5-2-16)30-23-14-26(12-9-20(23)27)17-7-10-25(11-8-17)18-3-6-21-22(13-18)29-15-28-21/h1-6,13,17,20,23,27H,7-12,14-15H2/t20-,23-/m1/s1. The average Bonchev–Trinajstić information content (AvgIpc) is 3.25. The zero-order valence-electron chi connectivity index (χ0n) is 16.9. The zero-order chi connectivity index (χ0) is 20.5. The van der Waals surface area contributed by atoms with Crippen molar-refractivity contribution < 1.29 is 19.3 Å². The Balaban J connectivity index is 1.18. The Kier molecular flexibility index (Phi) is 5.63. The predicted molar refractivity (Wildman–Crippen MR) is 116 cm³/mol. The van der Waals surface area contributed by atoms with Gasteiger partial charge in [-0.1, -0.05) is 11.6 Å². The van der Waals surface area contributed by atoms with E-state index in [1.807, 2.05) is 30.3 Å². The van der Waals surface area contributed by atoms with E-state index in [9.17, 15) is 5.11 Å². The molecule has 3 aliphatic rings. The highest BCUT2D eigenvalue weighted by Crippen LogP contribution is 2.36. The van der Waals surface area contributed by atoms with Crippen molar-refractivity contribution in [1.82, 2.24) is 4.90 Å². The molecule has 0 saturated carbocycles. The molecule has 2 saturated heterocycles. The minimum Gasteiger partial charge on any atom is -0.486 e. The number of halogens is 1. The summed E-state index contributed by atoms with van der Waals surface area (Å²) in [6, 6.07) is 14.0. The molecule has 30 heavy (non-hydrogen) atoms. The van der Waals surface area contributed by atoms with Gasteiger partial charge in [-0.25, -0.2) is 0 Å². The van der Waals surface area contributed by atoms with Crippen molar-refractivity contribution in [1.29, 1.82) is 0 Å². The molecule has 0 spiro atoms. The Morgan fingerprint density at radius 2 is 1.70 bits per heavy atom. The van der Waals surface area contributed by atoms with Gasteiger partial charge in [0.05, 0.1) is 6.10 Å². The second-order valence-electron chi connectivity index (χ2n) is 8.22. The van der Waals surface area contributed by atoms with Crippen molar-refractivity contribution in [3.8, 4) is 17.2 Å². The number of hydrogen-bond donors (Lipinski definition) is 1. The summed E-state index contributed by atoms with van der Waals surface area (Å²) in [6.45, 7) is 3.98. The van der Waals surface area contributed by atoms with Gasteiger partial charge < -0.3 is 24.2 Å². The van der Waals surface area contributed by atoms with Crippen molar-refractivity contribution in [3.63, 3.8) is 0 Å². The molecule has 0 aliphatic carbocycles. The normalized spacial score (nSPS) is 24.8. The topological polar surface area (TPSA) is 54.4 Å². The van der Waals surface area contributed by atoms with E-state index in [0.29, 0.717) is 17.9 Å². The van der Waals surface area contributed by atoms with Gasteiger partial charge in [-0.3, -0.25) is 4.90 Å². The Morgan fingerprint density at radius 1 is 0.933 bits per heavy atom. The molecule has 7 heteroatoms. The SMILES string of the molecule is O[C@@H]1CCN(C2CCN(c3ccc4c(c3)OCO4)CC2)C[C@H]1Oc1ccc(Cl)cc1. The number of likely N-dealkylation sites (tertiary alicyclic amines) is 1. The van der Waals surface area contributed by atoms with E-state index in [1.165, 1.54) is 5.69 Å². The molecule has 0 amide bonds. The van der Waals surface area contributed by atoms with Crippen molar-refractivity contribution in [2.75, 3.05) is 37.9 Å². The summed E-state index contributed by atoms with van der Waals surface area (Å²) in [5.41, 5.74) is 1.19. The lowest BCUT2D eigenvalue weighted by Crippen LogP contribution is -2.55. The number of hydrogen-bond acceptors (Lipinski definition) is 6. The van der Waals surface area contributed by atoms with Crippen molar-refractivity contribution in [2.45, 2.75) is 37.5 Å². The van der Waals surface area contributed by atoms with Crippen LogP contribution >= 0.6 is 11.6 Å². The van der Waals surface area contributed by atoms with E-state index < -0.39 is 6.10 Å². The highest BCUT2D eigenvalue weighted by atomic mass is 35.5. The Hall–Kier alpha value is -2.15. The third kappa shape index (κ3) is 4.17. The average molecular weight is 431 g/mol. The molecule has 5 rings (SSSR count). The molecule has 3 aliphatic heterocycles. The summed E-state index contributed by atoms with van der Waals surface area (Å²) in [4.78, 5) is 4.91. The highest BCUT2D eigenvalue weighted by molar-refractivity contribution is 6.30. The molecule has 3 heterocycles. The summed E-state index contributed by atoms with van der Waals surface area (Å²) in [5.74, 6) is 2.41. The fraction of sp³-hybridized carbons (Fsp3) is 0.478. The number of aliphatic hydroxyl groups is 1. The highest BCUT2D eigenvalue weighted by Gasteiger charge is 2.34. The first-order chi connectivity index (χ1) is 14.7. The lowest BCUT2D eigenvalue weighted by molar-refractivity contribution is -0.0389. The van der Waals surface area contributed by atoms with Gasteiger partial charge in [-0.15, -0.1) is 0 Å². The first-order valence-electron chi connectivity index (χ1n) is 10.6. The summed E-state index contributed by atoms with van der Waals surface area (Å²) in [5, 5.41) is 11.1. The van der Waals surface area contributed by atoms with Gasteiger partial charge in [0.2, 0.25) is 6.79 Å². The van der Waals surface area contributed by atoms with Crippen molar-refractivity contribution in [3.05, 3.63) is 47.5 Å². The maximum absolute atomic E-state index is 10.5. The molecule has 0 unspecified atom stereocenters. The van der Waals surface area contributed by atoms with Crippen LogP contribution in [0.2, 0.25) is 5.02 Å². The van der Waals surface area contributed by atoms with Gasteiger partial charge >= 0.3 is 0 Å². The first-order valence-corrected chi connectivity index (χ1v) is 11.0. The quantitative estimate of drug-likeness (QED) is 0.800. The second-order valence-corrected chi connectivity index (χ2v) is 8.65. The van der Waals surface area contributed by atoms with Crippen LogP contribution in [0.15, 0.2) is 42.5 Å². The third-order valence-electron chi connectivity index (χ3n) is 6.36. The minimum absolute atomic E-state index is 0.216.